The summed E-state index contributed by atoms with van der Waals surface area (Å²) in [6.07, 6.45) is 8.05. The molecule has 6 rings (SSSR count). The molecule has 1 saturated heterocycles. The number of anilines is 1. The number of rotatable bonds is 4. The van der Waals surface area contributed by atoms with Crippen LogP contribution in [0.4, 0.5) is 10.2 Å². The molecule has 10 heteroatoms. The van der Waals surface area contributed by atoms with Gasteiger partial charge in [-0.25, -0.2) is 19.3 Å². The fraction of sp³-hybridized carbons (Fsp3) is 0.172. The lowest BCUT2D eigenvalue weighted by Gasteiger charge is -2.40. The molecule has 0 radical (unpaired) electrons. The fourth-order valence-corrected chi connectivity index (χ4v) is 5.07. The van der Waals surface area contributed by atoms with E-state index >= 15 is 4.39 Å². The van der Waals surface area contributed by atoms with Crippen molar-refractivity contribution in [2.75, 3.05) is 24.5 Å². The van der Waals surface area contributed by atoms with Gasteiger partial charge in [-0.1, -0.05) is 18.2 Å². The number of halogens is 1. The third-order valence-electron chi connectivity index (χ3n) is 6.94. The molecule has 1 amide bonds. The summed E-state index contributed by atoms with van der Waals surface area (Å²) in [5, 5.41) is 10.1. The van der Waals surface area contributed by atoms with E-state index in [-0.39, 0.29) is 17.8 Å². The van der Waals surface area contributed by atoms with Gasteiger partial charge >= 0.3 is 0 Å². The Hall–Kier alpha value is -5.17. The third-order valence-corrected chi connectivity index (χ3v) is 6.94. The second-order valence-corrected chi connectivity index (χ2v) is 9.34. The fourth-order valence-electron chi connectivity index (χ4n) is 5.07. The number of carbonyl (C=O) groups excluding carboxylic acids is 1. The molecule has 192 valence electrons. The minimum atomic E-state index is -0.370. The first-order valence-electron chi connectivity index (χ1n) is 12.5. The summed E-state index contributed by atoms with van der Waals surface area (Å²) in [5.41, 5.74) is 2.57. The van der Waals surface area contributed by atoms with E-state index in [1.54, 1.807) is 71.8 Å². The highest BCUT2D eigenvalue weighted by Gasteiger charge is 2.31. The number of benzene rings is 1. The van der Waals surface area contributed by atoms with Gasteiger partial charge in [0.05, 0.1) is 22.6 Å². The van der Waals surface area contributed by atoms with Crippen LogP contribution < -0.4 is 4.90 Å². The normalized spacial score (nSPS) is 15.4. The molecule has 0 saturated carbocycles. The number of hydrogen-bond acceptors (Lipinski definition) is 7. The molecule has 0 bridgehead atoms. The predicted molar refractivity (Wildman–Crippen MR) is 144 cm³/mol. The second-order valence-electron chi connectivity index (χ2n) is 9.34. The minimum Gasteiger partial charge on any atom is -0.352 e. The van der Waals surface area contributed by atoms with Gasteiger partial charge in [-0.2, -0.15) is 5.26 Å². The van der Waals surface area contributed by atoms with Gasteiger partial charge in [0.25, 0.3) is 5.91 Å². The lowest BCUT2D eigenvalue weighted by molar-refractivity contribution is 0.0673. The summed E-state index contributed by atoms with van der Waals surface area (Å²) in [5.74, 6) is 0.704. The quantitative estimate of drug-likeness (QED) is 0.351. The van der Waals surface area contributed by atoms with Crippen LogP contribution in [0, 0.1) is 17.1 Å². The van der Waals surface area contributed by atoms with Crippen LogP contribution in [-0.2, 0) is 0 Å². The zero-order valence-corrected chi connectivity index (χ0v) is 21.1. The Kier molecular flexibility index (Phi) is 6.17. The van der Waals surface area contributed by atoms with Crippen molar-refractivity contribution in [3.05, 3.63) is 96.6 Å². The van der Waals surface area contributed by atoms with Crippen molar-refractivity contribution in [1.82, 2.24) is 29.4 Å². The van der Waals surface area contributed by atoms with Gasteiger partial charge in [0.2, 0.25) is 0 Å². The summed E-state index contributed by atoms with van der Waals surface area (Å²) < 4.78 is 16.9. The van der Waals surface area contributed by atoms with E-state index < -0.39 is 0 Å². The lowest BCUT2D eigenvalue weighted by Crippen LogP contribution is -2.54. The summed E-state index contributed by atoms with van der Waals surface area (Å²) in [4.78, 5) is 34.8. The number of piperazine rings is 1. The van der Waals surface area contributed by atoms with Crippen molar-refractivity contribution in [1.29, 1.82) is 5.26 Å². The number of nitrogens with zero attached hydrogens (tertiary/aromatic N) is 8. The van der Waals surface area contributed by atoms with Gasteiger partial charge in [0, 0.05) is 61.6 Å². The van der Waals surface area contributed by atoms with E-state index in [0.717, 1.165) is 0 Å². The molecule has 1 atom stereocenters. The molecule has 5 heterocycles. The number of aromatic nitrogens is 5. The molecule has 1 unspecified atom stereocenters. The number of pyridine rings is 2. The van der Waals surface area contributed by atoms with E-state index in [1.165, 1.54) is 12.4 Å². The standard InChI is InChI=1S/C29H23FN8O/c1-19-16-36(11-12-37(19)29(39)21-5-4-9-32-15-21)27-26-23(22-6-2-3-7-24(22)30)17-38(28(26)35-18-34-27)25-13-20(14-31)8-10-33-25/h2-10,13,15,17-19H,11-12,16H2,1H3. The van der Waals surface area contributed by atoms with Gasteiger partial charge in [-0.05, 0) is 37.3 Å². The SMILES string of the molecule is CC1CN(c2ncnc3c2c(-c2ccccc2F)cn3-c2cc(C#N)ccn2)CCN1C(=O)c1cccnc1. The van der Waals surface area contributed by atoms with Crippen molar-refractivity contribution in [2.45, 2.75) is 13.0 Å². The first-order valence-corrected chi connectivity index (χ1v) is 12.5. The average Bonchev–Trinajstić information content (AvgIpc) is 3.37. The second kappa shape index (κ2) is 9.95. The predicted octanol–water partition coefficient (Wildman–Crippen LogP) is 4.24. The molecule has 0 N–H and O–H groups in total. The van der Waals surface area contributed by atoms with Crippen LogP contribution in [0.3, 0.4) is 0 Å². The Bertz CT molecular complexity index is 1730. The Morgan fingerprint density at radius 3 is 2.69 bits per heavy atom. The van der Waals surface area contributed by atoms with Crippen LogP contribution in [0.2, 0.25) is 0 Å². The Morgan fingerprint density at radius 2 is 1.92 bits per heavy atom. The third kappa shape index (κ3) is 4.34. The Labute approximate surface area is 223 Å². The first-order chi connectivity index (χ1) is 19.0. The molecule has 5 aromatic rings. The maximum atomic E-state index is 15.1. The minimum absolute atomic E-state index is 0.0651. The first kappa shape index (κ1) is 24.2. The number of hydrogen-bond donors (Lipinski definition) is 0. The monoisotopic (exact) mass is 518 g/mol. The van der Waals surface area contributed by atoms with Gasteiger partial charge in [-0.3, -0.25) is 14.3 Å². The summed E-state index contributed by atoms with van der Waals surface area (Å²) in [6.45, 7) is 3.55. The highest BCUT2D eigenvalue weighted by Crippen LogP contribution is 2.38. The van der Waals surface area contributed by atoms with Crippen LogP contribution in [0.15, 0.2) is 79.6 Å². The van der Waals surface area contributed by atoms with Crippen LogP contribution in [0.25, 0.3) is 28.0 Å². The van der Waals surface area contributed by atoms with Crippen molar-refractivity contribution >= 4 is 22.8 Å². The van der Waals surface area contributed by atoms with Gasteiger partial charge < -0.3 is 9.80 Å². The zero-order valence-electron chi connectivity index (χ0n) is 21.1. The van der Waals surface area contributed by atoms with E-state index in [4.69, 9.17) is 0 Å². The lowest BCUT2D eigenvalue weighted by atomic mass is 10.0. The van der Waals surface area contributed by atoms with Crippen molar-refractivity contribution in [3.8, 4) is 23.0 Å². The molecule has 0 spiro atoms. The largest absolute Gasteiger partial charge is 0.352 e. The molecule has 1 aliphatic heterocycles. The number of nitriles is 1. The van der Waals surface area contributed by atoms with Crippen LogP contribution in [0.5, 0.6) is 0 Å². The molecule has 0 aliphatic carbocycles. The molecule has 1 aliphatic rings. The summed E-state index contributed by atoms with van der Waals surface area (Å²) in [6, 6.07) is 15.4. The molecular formula is C29H23FN8O. The zero-order chi connectivity index (χ0) is 26.9. The summed E-state index contributed by atoms with van der Waals surface area (Å²) >= 11 is 0. The van der Waals surface area contributed by atoms with Gasteiger partial charge in [0.1, 0.15) is 23.8 Å². The van der Waals surface area contributed by atoms with Crippen LogP contribution in [-0.4, -0.2) is 61.0 Å². The molecule has 4 aromatic heterocycles. The highest BCUT2D eigenvalue weighted by molar-refractivity contribution is 6.02. The smallest absolute Gasteiger partial charge is 0.255 e. The van der Waals surface area contributed by atoms with Crippen molar-refractivity contribution < 1.29 is 9.18 Å². The average molecular weight is 519 g/mol. The summed E-state index contributed by atoms with van der Waals surface area (Å²) in [7, 11) is 0. The van der Waals surface area contributed by atoms with E-state index in [0.29, 0.717) is 64.6 Å². The number of carbonyl (C=O) groups is 1. The Morgan fingerprint density at radius 1 is 1.05 bits per heavy atom. The number of fused-ring (bicyclic) bond motifs is 1. The van der Waals surface area contributed by atoms with Gasteiger partial charge in [-0.15, -0.1) is 0 Å². The number of amides is 1. The van der Waals surface area contributed by atoms with E-state index in [1.807, 2.05) is 11.8 Å². The highest BCUT2D eigenvalue weighted by atomic mass is 19.1. The molecule has 9 nitrogen and oxygen atoms in total. The maximum absolute atomic E-state index is 15.1. The van der Waals surface area contributed by atoms with E-state index in [9.17, 15) is 10.1 Å². The van der Waals surface area contributed by atoms with Crippen LogP contribution in [0.1, 0.15) is 22.8 Å². The van der Waals surface area contributed by atoms with Crippen molar-refractivity contribution in [2.24, 2.45) is 0 Å². The molecular weight excluding hydrogens is 495 g/mol. The van der Waals surface area contributed by atoms with Crippen molar-refractivity contribution in [3.63, 3.8) is 0 Å². The molecule has 39 heavy (non-hydrogen) atoms. The molecule has 1 aromatic carbocycles. The van der Waals surface area contributed by atoms with E-state index in [2.05, 4.69) is 30.9 Å². The van der Waals surface area contributed by atoms with Crippen LogP contribution >= 0.6 is 0 Å². The maximum Gasteiger partial charge on any atom is 0.255 e. The molecule has 1 fully saturated rings. The Balaban J connectivity index is 1.44. The van der Waals surface area contributed by atoms with Gasteiger partial charge in [0.15, 0.2) is 5.65 Å². The topological polar surface area (TPSA) is 104 Å².